The standard InChI is InChI=1S/C21H18O3/c1-16-6-5-9-20(14-16)23-15-21(22)24-19-12-10-18(11-13-19)17-7-3-2-4-8-17/h2-14H,15H2,1H3. The molecule has 0 N–H and O–H groups in total. The van der Waals surface area contributed by atoms with Gasteiger partial charge in [-0.25, -0.2) is 4.79 Å². The van der Waals surface area contributed by atoms with Crippen LogP contribution in [0, 0.1) is 6.92 Å². The van der Waals surface area contributed by atoms with Crippen LogP contribution in [-0.4, -0.2) is 12.6 Å². The minimum absolute atomic E-state index is 0.121. The molecule has 3 nitrogen and oxygen atoms in total. The number of aryl methyl sites for hydroxylation is 1. The first-order valence-electron chi connectivity index (χ1n) is 7.76. The maximum Gasteiger partial charge on any atom is 0.349 e. The smallest absolute Gasteiger partial charge is 0.349 e. The Kier molecular flexibility index (Phi) is 4.92. The quantitative estimate of drug-likeness (QED) is 0.507. The van der Waals surface area contributed by atoms with Crippen LogP contribution in [0.15, 0.2) is 78.9 Å². The van der Waals surface area contributed by atoms with Gasteiger partial charge in [-0.2, -0.15) is 0 Å². The largest absolute Gasteiger partial charge is 0.482 e. The number of carbonyl (C=O) groups excluding carboxylic acids is 1. The van der Waals surface area contributed by atoms with Crippen LogP contribution in [0.4, 0.5) is 0 Å². The summed E-state index contributed by atoms with van der Waals surface area (Å²) < 4.78 is 10.7. The fraction of sp³-hybridized carbons (Fsp3) is 0.0952. The predicted octanol–water partition coefficient (Wildman–Crippen LogP) is 4.65. The van der Waals surface area contributed by atoms with Crippen molar-refractivity contribution in [2.24, 2.45) is 0 Å². The Hall–Kier alpha value is -3.07. The SMILES string of the molecule is Cc1cccc(OCC(=O)Oc2ccc(-c3ccccc3)cc2)c1. The van der Waals surface area contributed by atoms with Gasteiger partial charge in [0.1, 0.15) is 11.5 Å². The molecular formula is C21H18O3. The summed E-state index contributed by atoms with van der Waals surface area (Å²) in [6, 6.07) is 25.0. The summed E-state index contributed by atoms with van der Waals surface area (Å²) in [5.41, 5.74) is 3.28. The highest BCUT2D eigenvalue weighted by Gasteiger charge is 2.07. The summed E-state index contributed by atoms with van der Waals surface area (Å²) >= 11 is 0. The summed E-state index contributed by atoms with van der Waals surface area (Å²) in [6.45, 7) is 1.85. The minimum atomic E-state index is -0.427. The average Bonchev–Trinajstić information content (AvgIpc) is 2.61. The second kappa shape index (κ2) is 7.47. The summed E-state index contributed by atoms with van der Waals surface area (Å²) in [7, 11) is 0. The van der Waals surface area contributed by atoms with Crippen LogP contribution in [0.5, 0.6) is 11.5 Å². The Bertz CT molecular complexity index is 808. The Balaban J connectivity index is 1.57. The molecule has 0 aromatic heterocycles. The number of esters is 1. The van der Waals surface area contributed by atoms with Crippen LogP contribution >= 0.6 is 0 Å². The summed E-state index contributed by atoms with van der Waals surface area (Å²) in [5.74, 6) is 0.739. The van der Waals surface area contributed by atoms with Crippen LogP contribution in [0.1, 0.15) is 5.56 Å². The summed E-state index contributed by atoms with van der Waals surface area (Å²) in [4.78, 5) is 11.9. The molecule has 120 valence electrons. The number of hydrogen-bond acceptors (Lipinski definition) is 3. The number of hydrogen-bond donors (Lipinski definition) is 0. The Morgan fingerprint density at radius 1 is 0.792 bits per heavy atom. The van der Waals surface area contributed by atoms with E-state index in [0.29, 0.717) is 11.5 Å². The third-order valence-corrected chi connectivity index (χ3v) is 3.54. The molecule has 0 saturated carbocycles. The molecule has 0 fully saturated rings. The molecule has 24 heavy (non-hydrogen) atoms. The zero-order chi connectivity index (χ0) is 16.8. The van der Waals surface area contributed by atoms with E-state index < -0.39 is 5.97 Å². The van der Waals surface area contributed by atoms with E-state index in [1.807, 2.05) is 73.7 Å². The molecule has 3 heteroatoms. The molecule has 0 amide bonds. The molecule has 0 heterocycles. The molecule has 0 aliphatic heterocycles. The topological polar surface area (TPSA) is 35.5 Å². The molecule has 0 spiro atoms. The van der Waals surface area contributed by atoms with Crippen molar-refractivity contribution in [3.8, 4) is 22.6 Å². The minimum Gasteiger partial charge on any atom is -0.482 e. The van der Waals surface area contributed by atoms with Gasteiger partial charge in [-0.3, -0.25) is 0 Å². The first-order chi connectivity index (χ1) is 11.7. The first kappa shape index (κ1) is 15.8. The fourth-order valence-electron chi connectivity index (χ4n) is 2.35. The van der Waals surface area contributed by atoms with Crippen LogP contribution in [0.3, 0.4) is 0 Å². The van der Waals surface area contributed by atoms with E-state index in [4.69, 9.17) is 9.47 Å². The highest BCUT2D eigenvalue weighted by molar-refractivity contribution is 5.74. The molecule has 0 unspecified atom stereocenters. The number of rotatable bonds is 5. The second-order valence-electron chi connectivity index (χ2n) is 5.47. The predicted molar refractivity (Wildman–Crippen MR) is 94.2 cm³/mol. The second-order valence-corrected chi connectivity index (χ2v) is 5.47. The lowest BCUT2D eigenvalue weighted by Crippen LogP contribution is -2.17. The molecule has 0 aliphatic rings. The van der Waals surface area contributed by atoms with E-state index in [1.54, 1.807) is 12.1 Å². The van der Waals surface area contributed by atoms with Gasteiger partial charge >= 0.3 is 5.97 Å². The number of ether oxygens (including phenoxy) is 2. The fourth-order valence-corrected chi connectivity index (χ4v) is 2.35. The van der Waals surface area contributed by atoms with Gasteiger partial charge < -0.3 is 9.47 Å². The normalized spacial score (nSPS) is 10.2. The maximum atomic E-state index is 11.9. The molecule has 3 rings (SSSR count). The van der Waals surface area contributed by atoms with Gasteiger partial charge in [0.15, 0.2) is 6.61 Å². The van der Waals surface area contributed by atoms with Gasteiger partial charge in [0.05, 0.1) is 0 Å². The van der Waals surface area contributed by atoms with Crippen molar-refractivity contribution >= 4 is 5.97 Å². The number of benzene rings is 3. The lowest BCUT2D eigenvalue weighted by Gasteiger charge is -2.08. The van der Waals surface area contributed by atoms with Crippen molar-refractivity contribution in [1.82, 2.24) is 0 Å². The zero-order valence-corrected chi connectivity index (χ0v) is 13.4. The van der Waals surface area contributed by atoms with E-state index in [9.17, 15) is 4.79 Å². The Morgan fingerprint density at radius 3 is 2.21 bits per heavy atom. The van der Waals surface area contributed by atoms with Gasteiger partial charge in [-0.15, -0.1) is 0 Å². The van der Waals surface area contributed by atoms with E-state index in [2.05, 4.69) is 0 Å². The van der Waals surface area contributed by atoms with E-state index >= 15 is 0 Å². The molecule has 0 radical (unpaired) electrons. The summed E-state index contributed by atoms with van der Waals surface area (Å²) in [5, 5.41) is 0. The van der Waals surface area contributed by atoms with Crippen LogP contribution in [0.25, 0.3) is 11.1 Å². The van der Waals surface area contributed by atoms with Gasteiger partial charge in [0.2, 0.25) is 0 Å². The van der Waals surface area contributed by atoms with Gasteiger partial charge in [-0.1, -0.05) is 54.6 Å². The van der Waals surface area contributed by atoms with Gasteiger partial charge in [-0.05, 0) is 47.9 Å². The lowest BCUT2D eigenvalue weighted by molar-refractivity contribution is -0.136. The third-order valence-electron chi connectivity index (χ3n) is 3.54. The molecule has 3 aromatic rings. The van der Waals surface area contributed by atoms with Crippen molar-refractivity contribution in [1.29, 1.82) is 0 Å². The molecule has 0 aliphatic carbocycles. The molecule has 3 aromatic carbocycles. The zero-order valence-electron chi connectivity index (χ0n) is 13.4. The van der Waals surface area contributed by atoms with Crippen molar-refractivity contribution in [2.75, 3.05) is 6.61 Å². The van der Waals surface area contributed by atoms with Crippen molar-refractivity contribution in [3.05, 3.63) is 84.4 Å². The lowest BCUT2D eigenvalue weighted by atomic mass is 10.1. The monoisotopic (exact) mass is 318 g/mol. The van der Waals surface area contributed by atoms with E-state index in [-0.39, 0.29) is 6.61 Å². The van der Waals surface area contributed by atoms with Gasteiger partial charge in [0.25, 0.3) is 0 Å². The third kappa shape index (κ3) is 4.23. The van der Waals surface area contributed by atoms with Crippen molar-refractivity contribution < 1.29 is 14.3 Å². The van der Waals surface area contributed by atoms with Crippen LogP contribution in [-0.2, 0) is 4.79 Å². The van der Waals surface area contributed by atoms with E-state index in [1.165, 1.54) is 0 Å². The van der Waals surface area contributed by atoms with E-state index in [0.717, 1.165) is 16.7 Å². The van der Waals surface area contributed by atoms with Crippen LogP contribution < -0.4 is 9.47 Å². The van der Waals surface area contributed by atoms with Crippen molar-refractivity contribution in [2.45, 2.75) is 6.92 Å². The molecular weight excluding hydrogens is 300 g/mol. The molecule has 0 saturated heterocycles. The molecule has 0 bridgehead atoms. The maximum absolute atomic E-state index is 11.9. The van der Waals surface area contributed by atoms with Crippen LogP contribution in [0.2, 0.25) is 0 Å². The van der Waals surface area contributed by atoms with Crippen molar-refractivity contribution in [3.63, 3.8) is 0 Å². The summed E-state index contributed by atoms with van der Waals surface area (Å²) in [6.07, 6.45) is 0. The Labute approximate surface area is 141 Å². The number of carbonyl (C=O) groups is 1. The molecule has 0 atom stereocenters. The average molecular weight is 318 g/mol. The highest BCUT2D eigenvalue weighted by Crippen LogP contribution is 2.22. The Morgan fingerprint density at radius 2 is 1.50 bits per heavy atom. The van der Waals surface area contributed by atoms with Gasteiger partial charge in [0, 0.05) is 0 Å². The highest BCUT2D eigenvalue weighted by atomic mass is 16.6. The first-order valence-corrected chi connectivity index (χ1v) is 7.76.